The van der Waals surface area contributed by atoms with Crippen LogP contribution in [0.2, 0.25) is 0 Å². The molecule has 1 aliphatic rings. The first-order valence-electron chi connectivity index (χ1n) is 7.54. The van der Waals surface area contributed by atoms with Gasteiger partial charge in [-0.2, -0.15) is 13.2 Å². The summed E-state index contributed by atoms with van der Waals surface area (Å²) >= 11 is 0. The molecule has 0 bridgehead atoms. The van der Waals surface area contributed by atoms with E-state index >= 15 is 0 Å². The van der Waals surface area contributed by atoms with Gasteiger partial charge in [0.05, 0.1) is 6.04 Å². The number of aliphatic hydroxyl groups is 1. The van der Waals surface area contributed by atoms with Crippen molar-refractivity contribution >= 4 is 5.91 Å². The van der Waals surface area contributed by atoms with Crippen LogP contribution in [-0.2, 0) is 17.4 Å². The van der Waals surface area contributed by atoms with E-state index < -0.39 is 24.0 Å². The Morgan fingerprint density at radius 1 is 1.52 bits per heavy atom. The molecule has 9 heteroatoms. The molecule has 0 spiro atoms. The van der Waals surface area contributed by atoms with E-state index in [0.29, 0.717) is 6.42 Å². The minimum atomic E-state index is -4.89. The summed E-state index contributed by atoms with van der Waals surface area (Å²) in [6.45, 7) is 0.428. The predicted molar refractivity (Wildman–Crippen MR) is 76.4 cm³/mol. The standard InChI is InChI=1S/C14H21F3N4O2/c1-21-9-8-20-12(21)13(23,14(15,16)17)5-7-19-11(22)10-4-2-3-6-18-10/h8-10,18,23H,2-7H2,1H3,(H,19,22)/t10-,13-/m0/s1. The van der Waals surface area contributed by atoms with Crippen LogP contribution in [0.15, 0.2) is 12.4 Å². The molecule has 0 unspecified atom stereocenters. The van der Waals surface area contributed by atoms with Crippen LogP contribution in [0.5, 0.6) is 0 Å². The summed E-state index contributed by atoms with van der Waals surface area (Å²) in [5.74, 6) is -0.830. The van der Waals surface area contributed by atoms with Gasteiger partial charge in [-0.25, -0.2) is 4.98 Å². The number of aryl methyl sites for hydroxylation is 1. The number of halogens is 3. The number of imidazole rings is 1. The summed E-state index contributed by atoms with van der Waals surface area (Å²) in [5.41, 5.74) is -3.10. The van der Waals surface area contributed by atoms with Gasteiger partial charge in [0, 0.05) is 32.4 Å². The first-order chi connectivity index (χ1) is 10.8. The van der Waals surface area contributed by atoms with Crippen molar-refractivity contribution in [3.8, 4) is 0 Å². The van der Waals surface area contributed by atoms with Gasteiger partial charge in [-0.3, -0.25) is 4.79 Å². The lowest BCUT2D eigenvalue weighted by molar-refractivity contribution is -0.272. The molecule has 2 rings (SSSR count). The molecule has 1 amide bonds. The second-order valence-electron chi connectivity index (χ2n) is 5.76. The fourth-order valence-corrected chi connectivity index (χ4v) is 2.71. The van der Waals surface area contributed by atoms with Gasteiger partial charge in [0.15, 0.2) is 0 Å². The van der Waals surface area contributed by atoms with Gasteiger partial charge in [-0.15, -0.1) is 0 Å². The normalized spacial score (nSPS) is 21.7. The van der Waals surface area contributed by atoms with Gasteiger partial charge in [-0.05, 0) is 19.4 Å². The minimum absolute atomic E-state index is 0.292. The summed E-state index contributed by atoms with van der Waals surface area (Å²) in [4.78, 5) is 15.5. The van der Waals surface area contributed by atoms with Crippen molar-refractivity contribution in [1.82, 2.24) is 20.2 Å². The number of hydrogen-bond acceptors (Lipinski definition) is 4. The Balaban J connectivity index is 2.00. The minimum Gasteiger partial charge on any atom is -0.374 e. The van der Waals surface area contributed by atoms with E-state index in [2.05, 4.69) is 15.6 Å². The Bertz CT molecular complexity index is 540. The van der Waals surface area contributed by atoms with Crippen LogP contribution in [0.25, 0.3) is 0 Å². The van der Waals surface area contributed by atoms with Crippen molar-refractivity contribution in [1.29, 1.82) is 0 Å². The molecule has 0 aromatic carbocycles. The molecule has 2 heterocycles. The Morgan fingerprint density at radius 3 is 2.78 bits per heavy atom. The van der Waals surface area contributed by atoms with Crippen LogP contribution in [0.3, 0.4) is 0 Å². The lowest BCUT2D eigenvalue weighted by Crippen LogP contribution is -2.50. The molecular formula is C14H21F3N4O2. The zero-order chi connectivity index (χ0) is 17.1. The summed E-state index contributed by atoms with van der Waals surface area (Å²) in [6.07, 6.45) is -0.511. The lowest BCUT2D eigenvalue weighted by atomic mass is 9.97. The van der Waals surface area contributed by atoms with Crippen molar-refractivity contribution in [2.24, 2.45) is 7.05 Å². The highest BCUT2D eigenvalue weighted by Gasteiger charge is 2.57. The number of nitrogens with zero attached hydrogens (tertiary/aromatic N) is 2. The van der Waals surface area contributed by atoms with Gasteiger partial charge < -0.3 is 20.3 Å². The van der Waals surface area contributed by atoms with E-state index in [9.17, 15) is 23.1 Å². The highest BCUT2D eigenvalue weighted by Crippen LogP contribution is 2.40. The molecule has 3 N–H and O–H groups in total. The smallest absolute Gasteiger partial charge is 0.374 e. The van der Waals surface area contributed by atoms with Crippen molar-refractivity contribution in [3.05, 3.63) is 18.2 Å². The molecule has 1 aromatic rings. The van der Waals surface area contributed by atoms with E-state index in [1.54, 1.807) is 0 Å². The van der Waals surface area contributed by atoms with E-state index in [4.69, 9.17) is 0 Å². The quantitative estimate of drug-likeness (QED) is 0.745. The van der Waals surface area contributed by atoms with Crippen LogP contribution in [0.4, 0.5) is 13.2 Å². The predicted octanol–water partition coefficient (Wildman–Crippen LogP) is 0.818. The number of aromatic nitrogens is 2. The molecule has 0 aliphatic carbocycles. The van der Waals surface area contributed by atoms with Crippen molar-refractivity contribution in [2.75, 3.05) is 13.1 Å². The number of piperidine rings is 1. The number of rotatable bonds is 5. The van der Waals surface area contributed by atoms with Crippen LogP contribution in [-0.4, -0.2) is 45.9 Å². The number of amides is 1. The number of nitrogens with one attached hydrogen (secondary N) is 2. The van der Waals surface area contributed by atoms with Crippen LogP contribution in [0, 0.1) is 0 Å². The van der Waals surface area contributed by atoms with Crippen molar-refractivity contribution in [3.63, 3.8) is 0 Å². The molecule has 0 radical (unpaired) electrons. The fourth-order valence-electron chi connectivity index (χ4n) is 2.71. The summed E-state index contributed by atoms with van der Waals surface area (Å²) < 4.78 is 41.0. The van der Waals surface area contributed by atoms with Crippen molar-refractivity contribution < 1.29 is 23.1 Å². The summed E-state index contributed by atoms with van der Waals surface area (Å²) in [6, 6.07) is -0.379. The lowest BCUT2D eigenvalue weighted by Gasteiger charge is -2.30. The van der Waals surface area contributed by atoms with Gasteiger partial charge in [0.2, 0.25) is 11.5 Å². The van der Waals surface area contributed by atoms with E-state index in [1.165, 1.54) is 19.4 Å². The molecule has 1 saturated heterocycles. The molecule has 23 heavy (non-hydrogen) atoms. The molecule has 1 aliphatic heterocycles. The third-order valence-corrected chi connectivity index (χ3v) is 4.07. The van der Waals surface area contributed by atoms with Crippen LogP contribution >= 0.6 is 0 Å². The Hall–Kier alpha value is -1.61. The Labute approximate surface area is 132 Å². The molecule has 130 valence electrons. The number of carbonyl (C=O) groups is 1. The first-order valence-corrected chi connectivity index (χ1v) is 7.54. The molecule has 1 aromatic heterocycles. The number of hydrogen-bond donors (Lipinski definition) is 3. The topological polar surface area (TPSA) is 79.2 Å². The molecule has 0 saturated carbocycles. The third kappa shape index (κ3) is 3.84. The summed E-state index contributed by atoms with van der Waals surface area (Å²) in [5, 5.41) is 15.6. The Kier molecular flexibility index (Phi) is 5.30. The average Bonchev–Trinajstić information content (AvgIpc) is 2.93. The fraction of sp³-hybridized carbons (Fsp3) is 0.714. The summed E-state index contributed by atoms with van der Waals surface area (Å²) in [7, 11) is 1.38. The third-order valence-electron chi connectivity index (χ3n) is 4.07. The maximum Gasteiger partial charge on any atom is 0.424 e. The largest absolute Gasteiger partial charge is 0.424 e. The zero-order valence-electron chi connectivity index (χ0n) is 12.9. The Morgan fingerprint density at radius 2 is 2.26 bits per heavy atom. The highest BCUT2D eigenvalue weighted by atomic mass is 19.4. The number of carbonyl (C=O) groups excluding carboxylic acids is 1. The molecular weight excluding hydrogens is 313 g/mol. The maximum atomic E-state index is 13.3. The van der Waals surface area contributed by atoms with Crippen LogP contribution < -0.4 is 10.6 Å². The SMILES string of the molecule is Cn1ccnc1[C@@](O)(CCNC(=O)[C@@H]1CCCCN1)C(F)(F)F. The highest BCUT2D eigenvalue weighted by molar-refractivity contribution is 5.81. The average molecular weight is 334 g/mol. The molecule has 2 atom stereocenters. The van der Waals surface area contributed by atoms with E-state index in [-0.39, 0.29) is 18.5 Å². The second kappa shape index (κ2) is 6.88. The van der Waals surface area contributed by atoms with E-state index in [0.717, 1.165) is 24.0 Å². The second-order valence-corrected chi connectivity index (χ2v) is 5.76. The molecule has 1 fully saturated rings. The van der Waals surface area contributed by atoms with Gasteiger partial charge >= 0.3 is 6.18 Å². The van der Waals surface area contributed by atoms with E-state index in [1.807, 2.05) is 0 Å². The van der Waals surface area contributed by atoms with Crippen molar-refractivity contribution in [2.45, 2.75) is 43.5 Å². The first kappa shape index (κ1) is 17.7. The zero-order valence-corrected chi connectivity index (χ0v) is 12.9. The van der Waals surface area contributed by atoms with Gasteiger partial charge in [0.25, 0.3) is 0 Å². The van der Waals surface area contributed by atoms with Crippen LogP contribution in [0.1, 0.15) is 31.5 Å². The number of alkyl halides is 3. The monoisotopic (exact) mass is 334 g/mol. The van der Waals surface area contributed by atoms with Gasteiger partial charge in [-0.1, -0.05) is 6.42 Å². The van der Waals surface area contributed by atoms with Gasteiger partial charge in [0.1, 0.15) is 5.82 Å². The maximum absolute atomic E-state index is 13.3. The molecule has 6 nitrogen and oxygen atoms in total.